The van der Waals surface area contributed by atoms with Gasteiger partial charge in [0.15, 0.2) is 17.3 Å². The molecule has 0 amide bonds. The van der Waals surface area contributed by atoms with Gasteiger partial charge in [-0.2, -0.15) is 0 Å². The highest BCUT2D eigenvalue weighted by Crippen LogP contribution is 2.38. The molecule has 1 heterocycles. The van der Waals surface area contributed by atoms with E-state index in [0.717, 1.165) is 24.3 Å². The molecule has 0 saturated carbocycles. The van der Waals surface area contributed by atoms with E-state index in [2.05, 4.69) is 0 Å². The maximum Gasteiger partial charge on any atom is 0.315 e. The molecular weight excluding hydrogens is 420 g/mol. The third-order valence-electron chi connectivity index (χ3n) is 4.66. The normalized spacial score (nSPS) is 10.9. The average Bonchev–Trinajstić information content (AvgIpc) is 2.73. The summed E-state index contributed by atoms with van der Waals surface area (Å²) in [5.74, 6) is -3.49. The van der Waals surface area contributed by atoms with Gasteiger partial charge in [0, 0.05) is 17.7 Å². The number of carbonyl (C=O) groups is 1. The van der Waals surface area contributed by atoms with Crippen molar-refractivity contribution in [2.45, 2.75) is 6.42 Å². The van der Waals surface area contributed by atoms with Crippen LogP contribution in [0, 0.1) is 0 Å². The number of hydrogen-bond donors (Lipinski definition) is 5. The molecule has 0 fully saturated rings. The van der Waals surface area contributed by atoms with Crippen LogP contribution in [0.5, 0.6) is 34.5 Å². The summed E-state index contributed by atoms with van der Waals surface area (Å²) in [5.41, 5.74) is -0.470. The Morgan fingerprint density at radius 1 is 0.812 bits per heavy atom. The lowest BCUT2D eigenvalue weighted by molar-refractivity contribution is -0.133. The fourth-order valence-corrected chi connectivity index (χ4v) is 3.15. The van der Waals surface area contributed by atoms with Gasteiger partial charge in [0.2, 0.25) is 11.2 Å². The maximum atomic E-state index is 13.1. The summed E-state index contributed by atoms with van der Waals surface area (Å²) in [7, 11) is 0. The summed E-state index contributed by atoms with van der Waals surface area (Å²) >= 11 is 0. The third kappa shape index (κ3) is 3.86. The molecule has 0 radical (unpaired) electrons. The SMILES string of the molecule is O=C(Cc1ccc(O)cc1)Oc1c(-c2ccc(O)c(O)c2)oc2cc(O)cc(O)c2c1=O. The zero-order chi connectivity index (χ0) is 23.0. The van der Waals surface area contributed by atoms with E-state index < -0.39 is 34.4 Å². The van der Waals surface area contributed by atoms with Crippen molar-refractivity contribution in [1.82, 2.24) is 0 Å². The maximum absolute atomic E-state index is 13.1. The van der Waals surface area contributed by atoms with Gasteiger partial charge in [-0.15, -0.1) is 0 Å². The van der Waals surface area contributed by atoms with E-state index >= 15 is 0 Å². The molecule has 4 aromatic rings. The number of phenols is 5. The zero-order valence-electron chi connectivity index (χ0n) is 16.3. The number of esters is 1. The highest BCUT2D eigenvalue weighted by molar-refractivity contribution is 5.89. The van der Waals surface area contributed by atoms with Crippen molar-refractivity contribution < 1.29 is 39.5 Å². The Balaban J connectivity index is 1.85. The third-order valence-corrected chi connectivity index (χ3v) is 4.66. The molecule has 1 aromatic heterocycles. The van der Waals surface area contributed by atoms with E-state index in [1.54, 1.807) is 0 Å². The predicted octanol–water partition coefficient (Wildman–Crippen LogP) is 3.14. The van der Waals surface area contributed by atoms with Gasteiger partial charge in [-0.25, -0.2) is 0 Å². The van der Waals surface area contributed by atoms with Crippen molar-refractivity contribution in [1.29, 1.82) is 0 Å². The number of aromatic hydroxyl groups is 5. The fraction of sp³-hybridized carbons (Fsp3) is 0.0435. The topological polar surface area (TPSA) is 158 Å². The van der Waals surface area contributed by atoms with E-state index in [4.69, 9.17) is 9.15 Å². The lowest BCUT2D eigenvalue weighted by Crippen LogP contribution is -2.18. The van der Waals surface area contributed by atoms with Crippen LogP contribution in [-0.2, 0) is 11.2 Å². The second-order valence-corrected chi connectivity index (χ2v) is 6.95. The molecule has 32 heavy (non-hydrogen) atoms. The van der Waals surface area contributed by atoms with E-state index in [9.17, 15) is 35.1 Å². The molecule has 9 nitrogen and oxygen atoms in total. The van der Waals surface area contributed by atoms with Crippen molar-refractivity contribution in [3.63, 3.8) is 0 Å². The monoisotopic (exact) mass is 436 g/mol. The Labute approximate surface area is 179 Å². The molecule has 3 aromatic carbocycles. The van der Waals surface area contributed by atoms with Crippen LogP contribution in [-0.4, -0.2) is 31.5 Å². The van der Waals surface area contributed by atoms with Gasteiger partial charge in [-0.05, 0) is 35.9 Å². The summed E-state index contributed by atoms with van der Waals surface area (Å²) in [4.78, 5) is 25.7. The largest absolute Gasteiger partial charge is 0.508 e. The van der Waals surface area contributed by atoms with Crippen LogP contribution in [0.2, 0.25) is 0 Å². The standard InChI is InChI=1S/C23H16O9/c24-13-4-1-11(2-5-13)7-19(29)32-23-21(30)20-17(28)9-14(25)10-18(20)31-22(23)12-3-6-15(26)16(27)8-12/h1-6,8-10,24-28H,7H2. The van der Waals surface area contributed by atoms with Crippen molar-refractivity contribution in [3.8, 4) is 45.8 Å². The van der Waals surface area contributed by atoms with Gasteiger partial charge in [0.05, 0.1) is 6.42 Å². The first kappa shape index (κ1) is 20.6. The van der Waals surface area contributed by atoms with Gasteiger partial charge in [-0.3, -0.25) is 9.59 Å². The van der Waals surface area contributed by atoms with Crippen LogP contribution in [0.4, 0.5) is 0 Å². The predicted molar refractivity (Wildman–Crippen MR) is 112 cm³/mol. The highest BCUT2D eigenvalue weighted by Gasteiger charge is 2.23. The summed E-state index contributed by atoms with van der Waals surface area (Å²) < 4.78 is 11.0. The molecule has 4 rings (SSSR count). The molecule has 0 aliphatic carbocycles. The fourth-order valence-electron chi connectivity index (χ4n) is 3.15. The molecule has 0 aliphatic rings. The molecule has 0 bridgehead atoms. The first-order chi connectivity index (χ1) is 15.2. The quantitative estimate of drug-likeness (QED) is 0.239. The van der Waals surface area contributed by atoms with E-state index in [0.29, 0.717) is 5.56 Å². The summed E-state index contributed by atoms with van der Waals surface area (Å²) in [6.07, 6.45) is -0.237. The molecule has 0 spiro atoms. The summed E-state index contributed by atoms with van der Waals surface area (Å²) in [6.45, 7) is 0. The van der Waals surface area contributed by atoms with E-state index in [-0.39, 0.29) is 40.2 Å². The number of benzene rings is 3. The first-order valence-corrected chi connectivity index (χ1v) is 9.26. The van der Waals surface area contributed by atoms with Crippen LogP contribution in [0.25, 0.3) is 22.3 Å². The first-order valence-electron chi connectivity index (χ1n) is 9.26. The average molecular weight is 436 g/mol. The smallest absolute Gasteiger partial charge is 0.315 e. The van der Waals surface area contributed by atoms with Gasteiger partial charge in [-0.1, -0.05) is 12.1 Å². The van der Waals surface area contributed by atoms with E-state index in [1.807, 2.05) is 0 Å². The number of carbonyl (C=O) groups excluding carboxylic acids is 1. The molecule has 0 unspecified atom stereocenters. The molecule has 162 valence electrons. The number of fused-ring (bicyclic) bond motifs is 1. The highest BCUT2D eigenvalue weighted by atomic mass is 16.5. The Bertz CT molecular complexity index is 1400. The van der Waals surface area contributed by atoms with Crippen LogP contribution in [0.15, 0.2) is 63.8 Å². The Morgan fingerprint density at radius 3 is 2.22 bits per heavy atom. The number of ether oxygens (including phenoxy) is 1. The lowest BCUT2D eigenvalue weighted by atomic mass is 10.1. The molecule has 0 aliphatic heterocycles. The molecule has 0 saturated heterocycles. The van der Waals surface area contributed by atoms with Crippen LogP contribution in [0.3, 0.4) is 0 Å². The Kier molecular flexibility index (Phi) is 5.07. The minimum absolute atomic E-state index is 0.0189. The Hall–Kier alpha value is -4.66. The summed E-state index contributed by atoms with van der Waals surface area (Å²) in [5, 5.41) is 48.3. The summed E-state index contributed by atoms with van der Waals surface area (Å²) in [6, 6.07) is 11.4. The van der Waals surface area contributed by atoms with Crippen molar-refractivity contribution in [3.05, 3.63) is 70.4 Å². The zero-order valence-corrected chi connectivity index (χ0v) is 16.3. The number of hydrogen-bond acceptors (Lipinski definition) is 9. The van der Waals surface area contributed by atoms with Crippen molar-refractivity contribution in [2.75, 3.05) is 0 Å². The molecule has 9 heteroatoms. The van der Waals surface area contributed by atoms with Crippen molar-refractivity contribution >= 4 is 16.9 Å². The van der Waals surface area contributed by atoms with Crippen LogP contribution < -0.4 is 10.2 Å². The second kappa shape index (κ2) is 7.88. The van der Waals surface area contributed by atoms with Crippen LogP contribution in [0.1, 0.15) is 5.56 Å². The minimum atomic E-state index is -0.884. The van der Waals surface area contributed by atoms with Gasteiger partial charge in [0.25, 0.3) is 0 Å². The van der Waals surface area contributed by atoms with Gasteiger partial charge < -0.3 is 34.7 Å². The van der Waals surface area contributed by atoms with E-state index in [1.165, 1.54) is 30.3 Å². The number of phenolic OH excluding ortho intramolecular Hbond substituents is 5. The number of rotatable bonds is 4. The lowest BCUT2D eigenvalue weighted by Gasteiger charge is -2.12. The van der Waals surface area contributed by atoms with Crippen molar-refractivity contribution in [2.24, 2.45) is 0 Å². The second-order valence-electron chi connectivity index (χ2n) is 6.95. The molecule has 5 N–H and O–H groups in total. The van der Waals surface area contributed by atoms with Crippen LogP contribution >= 0.6 is 0 Å². The minimum Gasteiger partial charge on any atom is -0.508 e. The van der Waals surface area contributed by atoms with Gasteiger partial charge >= 0.3 is 5.97 Å². The molecule has 0 atom stereocenters. The molecular formula is C23H16O9. The van der Waals surface area contributed by atoms with Gasteiger partial charge in [0.1, 0.15) is 28.2 Å². The Morgan fingerprint density at radius 2 is 1.53 bits per heavy atom.